The van der Waals surface area contributed by atoms with Gasteiger partial charge >= 0.3 is 11.9 Å². The van der Waals surface area contributed by atoms with Crippen LogP contribution in [0.25, 0.3) is 0 Å². The summed E-state index contributed by atoms with van der Waals surface area (Å²) in [4.78, 5) is 23.0. The third-order valence-electron chi connectivity index (χ3n) is 4.15. The number of hydrogen-bond acceptors (Lipinski definition) is 6. The van der Waals surface area contributed by atoms with Gasteiger partial charge in [0.15, 0.2) is 0 Å². The molecule has 0 aliphatic carbocycles. The Balaban J connectivity index is 1.74. The summed E-state index contributed by atoms with van der Waals surface area (Å²) in [6.45, 7) is 4.17. The number of nitriles is 1. The van der Waals surface area contributed by atoms with Crippen LogP contribution in [0.15, 0.2) is 49.1 Å². The molecule has 0 bridgehead atoms. The van der Waals surface area contributed by atoms with Crippen molar-refractivity contribution in [3.8, 4) is 17.6 Å². The van der Waals surface area contributed by atoms with Gasteiger partial charge < -0.3 is 14.2 Å². The second-order valence-corrected chi connectivity index (χ2v) is 6.42. The van der Waals surface area contributed by atoms with E-state index in [9.17, 15) is 18.4 Å². The van der Waals surface area contributed by atoms with Gasteiger partial charge in [0, 0.05) is 18.2 Å². The number of carbonyl (C=O) groups is 2. The summed E-state index contributed by atoms with van der Waals surface area (Å²) in [7, 11) is 0. The number of rotatable bonds is 11. The molecule has 0 spiro atoms. The van der Waals surface area contributed by atoms with E-state index < -0.39 is 29.1 Å². The average molecular weight is 429 g/mol. The van der Waals surface area contributed by atoms with Crippen LogP contribution in [0.4, 0.5) is 8.78 Å². The molecule has 0 aliphatic heterocycles. The van der Waals surface area contributed by atoms with Crippen LogP contribution in [-0.2, 0) is 9.53 Å². The van der Waals surface area contributed by atoms with E-state index >= 15 is 0 Å². The lowest BCUT2D eigenvalue weighted by Crippen LogP contribution is -2.09. The number of nitrogens with zero attached hydrogens (tertiary/aromatic N) is 1. The molecule has 2 aromatic rings. The smallest absolute Gasteiger partial charge is 0.343 e. The first-order chi connectivity index (χ1) is 14.9. The van der Waals surface area contributed by atoms with Crippen LogP contribution in [0.3, 0.4) is 0 Å². The Labute approximate surface area is 178 Å². The van der Waals surface area contributed by atoms with E-state index in [1.165, 1.54) is 18.2 Å². The summed E-state index contributed by atoms with van der Waals surface area (Å²) in [5.41, 5.74) is -0.566. The number of ether oxygens (including phenoxy) is 3. The van der Waals surface area contributed by atoms with Crippen LogP contribution in [0.1, 0.15) is 41.6 Å². The molecule has 0 saturated heterocycles. The number of carbonyl (C=O) groups excluding carboxylic acids is 2. The third-order valence-corrected chi connectivity index (χ3v) is 4.15. The molecule has 0 aromatic heterocycles. The predicted octanol–water partition coefficient (Wildman–Crippen LogP) is 4.72. The predicted molar refractivity (Wildman–Crippen MR) is 108 cm³/mol. The second kappa shape index (κ2) is 12.1. The van der Waals surface area contributed by atoms with Gasteiger partial charge in [-0.2, -0.15) is 5.26 Å². The van der Waals surface area contributed by atoms with Crippen molar-refractivity contribution in [1.82, 2.24) is 0 Å². The number of unbranched alkanes of at least 4 members (excludes halogenated alkanes) is 3. The topological polar surface area (TPSA) is 85.6 Å². The number of halogens is 2. The van der Waals surface area contributed by atoms with E-state index in [0.717, 1.165) is 43.9 Å². The zero-order chi connectivity index (χ0) is 22.6. The van der Waals surface area contributed by atoms with Gasteiger partial charge in [-0.3, -0.25) is 0 Å². The summed E-state index contributed by atoms with van der Waals surface area (Å²) in [5, 5.41) is 8.66. The zero-order valence-corrected chi connectivity index (χ0v) is 16.7. The highest BCUT2D eigenvalue weighted by Gasteiger charge is 2.15. The Morgan fingerprint density at radius 1 is 0.968 bits per heavy atom. The SMILES string of the molecule is C=CC(=O)OCCCCCCOc1ccc(C(=O)Oc2cc(F)c(C#N)c(F)c2)cc1. The lowest BCUT2D eigenvalue weighted by atomic mass is 10.2. The quantitative estimate of drug-likeness (QED) is 0.222. The van der Waals surface area contributed by atoms with Crippen LogP contribution >= 0.6 is 0 Å². The molecule has 31 heavy (non-hydrogen) atoms. The molecule has 0 radical (unpaired) electrons. The Morgan fingerprint density at radius 2 is 1.58 bits per heavy atom. The van der Waals surface area contributed by atoms with E-state index in [4.69, 9.17) is 19.5 Å². The third kappa shape index (κ3) is 7.55. The first kappa shape index (κ1) is 23.5. The Morgan fingerprint density at radius 3 is 2.16 bits per heavy atom. The van der Waals surface area contributed by atoms with Crippen molar-refractivity contribution in [3.63, 3.8) is 0 Å². The van der Waals surface area contributed by atoms with Crippen LogP contribution in [0, 0.1) is 23.0 Å². The van der Waals surface area contributed by atoms with Crippen LogP contribution in [0.5, 0.6) is 11.5 Å². The number of benzene rings is 2. The summed E-state index contributed by atoms with van der Waals surface area (Å²) < 4.78 is 42.7. The number of esters is 2. The molecule has 0 aliphatic rings. The van der Waals surface area contributed by atoms with E-state index in [-0.39, 0.29) is 11.3 Å². The normalized spacial score (nSPS) is 10.1. The van der Waals surface area contributed by atoms with Gasteiger partial charge in [-0.15, -0.1) is 0 Å². The largest absolute Gasteiger partial charge is 0.494 e. The minimum Gasteiger partial charge on any atom is -0.494 e. The highest BCUT2D eigenvalue weighted by molar-refractivity contribution is 5.91. The second-order valence-electron chi connectivity index (χ2n) is 6.42. The number of hydrogen-bond donors (Lipinski definition) is 0. The zero-order valence-electron chi connectivity index (χ0n) is 16.7. The summed E-state index contributed by atoms with van der Waals surface area (Å²) in [6.07, 6.45) is 4.52. The fourth-order valence-corrected chi connectivity index (χ4v) is 2.55. The lowest BCUT2D eigenvalue weighted by molar-refractivity contribution is -0.137. The molecular weight excluding hydrogens is 408 g/mol. The molecule has 8 heteroatoms. The van der Waals surface area contributed by atoms with Crippen molar-refractivity contribution >= 4 is 11.9 Å². The van der Waals surface area contributed by atoms with Gasteiger partial charge in [0.25, 0.3) is 0 Å². The summed E-state index contributed by atoms with van der Waals surface area (Å²) >= 11 is 0. The van der Waals surface area contributed by atoms with E-state index in [2.05, 4.69) is 6.58 Å². The minimum atomic E-state index is -1.10. The molecule has 6 nitrogen and oxygen atoms in total. The van der Waals surface area contributed by atoms with Crippen molar-refractivity contribution in [3.05, 3.63) is 71.8 Å². The van der Waals surface area contributed by atoms with Crippen molar-refractivity contribution < 1.29 is 32.6 Å². The van der Waals surface area contributed by atoms with Crippen LogP contribution < -0.4 is 9.47 Å². The summed E-state index contributed by atoms with van der Waals surface area (Å²) in [5.74, 6) is -3.21. The molecule has 0 saturated carbocycles. The maximum absolute atomic E-state index is 13.6. The van der Waals surface area contributed by atoms with E-state index in [1.807, 2.05) is 0 Å². The monoisotopic (exact) mass is 429 g/mol. The minimum absolute atomic E-state index is 0.173. The van der Waals surface area contributed by atoms with E-state index in [1.54, 1.807) is 12.1 Å². The van der Waals surface area contributed by atoms with Crippen LogP contribution in [-0.4, -0.2) is 25.2 Å². The van der Waals surface area contributed by atoms with Crippen molar-refractivity contribution in [2.45, 2.75) is 25.7 Å². The standard InChI is InChI=1S/C23H21F2NO5/c1-2-22(27)30-12-6-4-3-5-11-29-17-9-7-16(8-10-17)23(28)31-18-13-20(24)19(15-26)21(25)14-18/h2,7-10,13-14H,1,3-6,11-12H2. The van der Waals surface area contributed by atoms with Crippen molar-refractivity contribution in [1.29, 1.82) is 5.26 Å². The van der Waals surface area contributed by atoms with Gasteiger partial charge in [0.1, 0.15) is 34.8 Å². The fourth-order valence-electron chi connectivity index (χ4n) is 2.55. The van der Waals surface area contributed by atoms with Crippen LogP contribution in [0.2, 0.25) is 0 Å². The van der Waals surface area contributed by atoms with Gasteiger partial charge in [-0.05, 0) is 49.9 Å². The molecular formula is C23H21F2NO5. The summed E-state index contributed by atoms with van der Waals surface area (Å²) in [6, 6.07) is 9.08. The molecule has 0 heterocycles. The molecule has 0 fully saturated rings. The molecule has 2 rings (SSSR count). The molecule has 2 aromatic carbocycles. The van der Waals surface area contributed by atoms with Gasteiger partial charge in [0.2, 0.25) is 0 Å². The molecule has 0 atom stereocenters. The molecule has 0 unspecified atom stereocenters. The molecule has 0 amide bonds. The first-order valence-corrected chi connectivity index (χ1v) is 9.58. The van der Waals surface area contributed by atoms with Gasteiger partial charge in [-0.1, -0.05) is 6.58 Å². The molecule has 162 valence electrons. The average Bonchev–Trinajstić information content (AvgIpc) is 2.75. The Hall–Kier alpha value is -3.73. The van der Waals surface area contributed by atoms with Crippen molar-refractivity contribution in [2.75, 3.05) is 13.2 Å². The Kier molecular flexibility index (Phi) is 9.17. The highest BCUT2D eigenvalue weighted by Crippen LogP contribution is 2.21. The molecule has 0 N–H and O–H groups in total. The Bertz CT molecular complexity index is 944. The first-order valence-electron chi connectivity index (χ1n) is 9.58. The van der Waals surface area contributed by atoms with Crippen molar-refractivity contribution in [2.24, 2.45) is 0 Å². The van der Waals surface area contributed by atoms with E-state index in [0.29, 0.717) is 19.0 Å². The maximum atomic E-state index is 13.6. The van der Waals surface area contributed by atoms with Gasteiger partial charge in [0.05, 0.1) is 18.8 Å². The maximum Gasteiger partial charge on any atom is 0.343 e. The lowest BCUT2D eigenvalue weighted by Gasteiger charge is -2.08. The fraction of sp³-hybridized carbons (Fsp3) is 0.261. The van der Waals surface area contributed by atoms with Gasteiger partial charge in [-0.25, -0.2) is 18.4 Å². The highest BCUT2D eigenvalue weighted by atomic mass is 19.1.